The quantitative estimate of drug-likeness (QED) is 0.507. The highest BCUT2D eigenvalue weighted by atomic mass is 16.4. The van der Waals surface area contributed by atoms with Crippen molar-refractivity contribution in [1.82, 2.24) is 9.13 Å². The minimum absolute atomic E-state index is 0.121. The summed E-state index contributed by atoms with van der Waals surface area (Å²) in [7, 11) is 0. The van der Waals surface area contributed by atoms with Crippen LogP contribution in [0.5, 0.6) is 0 Å². The molecule has 0 atom stereocenters. The lowest BCUT2D eigenvalue weighted by molar-refractivity contribution is 0.0697. The zero-order valence-electron chi connectivity index (χ0n) is 18.2. The topological polar surface area (TPSA) is 98.4 Å². The van der Waals surface area contributed by atoms with Gasteiger partial charge in [0.1, 0.15) is 5.69 Å². The summed E-state index contributed by atoms with van der Waals surface area (Å²) in [5, 5.41) is 9.43. The van der Waals surface area contributed by atoms with Crippen LogP contribution in [0, 0.1) is 0 Å². The van der Waals surface area contributed by atoms with Gasteiger partial charge in [-0.3, -0.25) is 14.2 Å². The number of aromatic nitrogens is 2. The molecule has 0 aliphatic rings. The molecule has 32 heavy (non-hydrogen) atoms. The number of unbranched alkanes of at least 4 members (excludes halogenated alkanes) is 1. The van der Waals surface area contributed by atoms with Gasteiger partial charge in [0.25, 0.3) is 0 Å². The molecule has 3 rings (SSSR count). The summed E-state index contributed by atoms with van der Waals surface area (Å²) in [5.74, 6) is -1.41. The van der Waals surface area contributed by atoms with Gasteiger partial charge in [-0.25, -0.2) is 14.2 Å². The number of rotatable bonds is 9. The largest absolute Gasteiger partial charge is 0.478 e. The van der Waals surface area contributed by atoms with Crippen LogP contribution in [0.1, 0.15) is 70.0 Å². The van der Waals surface area contributed by atoms with Crippen molar-refractivity contribution < 1.29 is 19.5 Å². The number of hydrogen-bond donors (Lipinski definition) is 1. The highest BCUT2D eigenvalue weighted by Crippen LogP contribution is 2.24. The van der Waals surface area contributed by atoms with E-state index in [0.29, 0.717) is 24.0 Å². The van der Waals surface area contributed by atoms with Gasteiger partial charge in [-0.2, -0.15) is 0 Å². The van der Waals surface area contributed by atoms with Gasteiger partial charge >= 0.3 is 11.7 Å². The fourth-order valence-electron chi connectivity index (χ4n) is 3.79. The van der Waals surface area contributed by atoms with E-state index in [2.05, 4.69) is 0 Å². The summed E-state index contributed by atoms with van der Waals surface area (Å²) >= 11 is 0. The van der Waals surface area contributed by atoms with Crippen LogP contribution >= 0.6 is 0 Å². The van der Waals surface area contributed by atoms with E-state index in [-0.39, 0.29) is 24.2 Å². The average Bonchev–Trinajstić information content (AvgIpc) is 3.08. The van der Waals surface area contributed by atoms with E-state index in [1.165, 1.54) is 4.57 Å². The molecular formula is C25H26N2O5. The Bertz CT molecular complexity index is 1200. The van der Waals surface area contributed by atoms with Crippen molar-refractivity contribution in [2.45, 2.75) is 46.1 Å². The van der Waals surface area contributed by atoms with E-state index in [0.717, 1.165) is 28.5 Å². The fourth-order valence-corrected chi connectivity index (χ4v) is 3.79. The third-order valence-electron chi connectivity index (χ3n) is 5.48. The predicted octanol–water partition coefficient (Wildman–Crippen LogP) is 4.27. The molecule has 0 saturated heterocycles. The number of imidazole rings is 1. The molecule has 166 valence electrons. The van der Waals surface area contributed by atoms with Crippen LogP contribution in [0.4, 0.5) is 0 Å². The van der Waals surface area contributed by atoms with Gasteiger partial charge in [0.15, 0.2) is 6.29 Å². The highest BCUT2D eigenvalue weighted by Gasteiger charge is 2.22. The Hall–Kier alpha value is -3.74. The molecule has 7 heteroatoms. The Labute approximate surface area is 185 Å². The highest BCUT2D eigenvalue weighted by molar-refractivity contribution is 5.96. The van der Waals surface area contributed by atoms with Crippen LogP contribution < -0.4 is 5.69 Å². The molecule has 1 aromatic heterocycles. The van der Waals surface area contributed by atoms with Gasteiger partial charge < -0.3 is 5.11 Å². The zero-order chi connectivity index (χ0) is 23.3. The molecule has 0 fully saturated rings. The Kier molecular flexibility index (Phi) is 7.20. The second-order valence-electron chi connectivity index (χ2n) is 7.55. The SMILES string of the molecule is CCCCc1c(C=O)n(C(=O)CC)c(=O)n1Cc1ccc(-c2ccccc2C(=O)O)cc1. The first-order chi connectivity index (χ1) is 15.4. The lowest BCUT2D eigenvalue weighted by atomic mass is 9.99. The number of benzene rings is 2. The second kappa shape index (κ2) is 10.0. The number of carbonyl (C=O) groups excluding carboxylic acids is 2. The third kappa shape index (κ3) is 4.46. The van der Waals surface area contributed by atoms with E-state index < -0.39 is 17.6 Å². The predicted molar refractivity (Wildman–Crippen MR) is 122 cm³/mol. The molecule has 0 saturated carbocycles. The van der Waals surface area contributed by atoms with Crippen molar-refractivity contribution in [3.63, 3.8) is 0 Å². The van der Waals surface area contributed by atoms with Crippen molar-refractivity contribution in [1.29, 1.82) is 0 Å². The van der Waals surface area contributed by atoms with Gasteiger partial charge in [-0.1, -0.05) is 62.7 Å². The molecule has 0 aliphatic heterocycles. The summed E-state index contributed by atoms with van der Waals surface area (Å²) in [6, 6.07) is 14.0. The van der Waals surface area contributed by atoms with Crippen molar-refractivity contribution in [2.75, 3.05) is 0 Å². The van der Waals surface area contributed by atoms with Gasteiger partial charge in [-0.05, 0) is 35.6 Å². The molecule has 0 unspecified atom stereocenters. The summed E-state index contributed by atoms with van der Waals surface area (Å²) in [5.41, 5.74) is 2.55. The maximum Gasteiger partial charge on any atom is 0.336 e. The summed E-state index contributed by atoms with van der Waals surface area (Å²) in [6.07, 6.45) is 2.90. The molecule has 0 aliphatic carbocycles. The van der Waals surface area contributed by atoms with Crippen LogP contribution in [0.25, 0.3) is 11.1 Å². The van der Waals surface area contributed by atoms with E-state index >= 15 is 0 Å². The second-order valence-corrected chi connectivity index (χ2v) is 7.55. The van der Waals surface area contributed by atoms with Crippen LogP contribution in [0.2, 0.25) is 0 Å². The zero-order valence-corrected chi connectivity index (χ0v) is 18.2. The van der Waals surface area contributed by atoms with Gasteiger partial charge in [0.05, 0.1) is 17.8 Å². The lowest BCUT2D eigenvalue weighted by Crippen LogP contribution is -2.30. The van der Waals surface area contributed by atoms with Crippen molar-refractivity contribution in [2.24, 2.45) is 0 Å². The number of aldehydes is 1. The monoisotopic (exact) mass is 434 g/mol. The lowest BCUT2D eigenvalue weighted by Gasteiger charge is -2.10. The van der Waals surface area contributed by atoms with Gasteiger partial charge in [0, 0.05) is 6.42 Å². The van der Waals surface area contributed by atoms with Crippen molar-refractivity contribution in [3.05, 3.63) is 81.5 Å². The molecule has 0 bridgehead atoms. The molecule has 3 aromatic rings. The summed E-state index contributed by atoms with van der Waals surface area (Å²) in [6.45, 7) is 3.88. The van der Waals surface area contributed by atoms with Crippen molar-refractivity contribution >= 4 is 18.2 Å². The molecule has 0 radical (unpaired) electrons. The van der Waals surface area contributed by atoms with E-state index in [1.807, 2.05) is 31.2 Å². The van der Waals surface area contributed by atoms with Crippen molar-refractivity contribution in [3.8, 4) is 11.1 Å². The van der Waals surface area contributed by atoms with Gasteiger partial charge in [-0.15, -0.1) is 0 Å². The van der Waals surface area contributed by atoms with Gasteiger partial charge in [0.2, 0.25) is 5.91 Å². The molecule has 0 amide bonds. The van der Waals surface area contributed by atoms with Crippen LogP contribution in [-0.4, -0.2) is 32.4 Å². The van der Waals surface area contributed by atoms with Crippen LogP contribution in [-0.2, 0) is 13.0 Å². The number of carbonyl (C=O) groups is 3. The molecule has 0 spiro atoms. The third-order valence-corrected chi connectivity index (χ3v) is 5.48. The Morgan fingerprint density at radius 2 is 1.72 bits per heavy atom. The molecule has 1 heterocycles. The van der Waals surface area contributed by atoms with Crippen LogP contribution in [0.15, 0.2) is 53.3 Å². The average molecular weight is 434 g/mol. The maximum absolute atomic E-state index is 13.0. The van der Waals surface area contributed by atoms with E-state index in [9.17, 15) is 24.3 Å². The number of hydrogen-bond acceptors (Lipinski definition) is 4. The first kappa shape index (κ1) is 22.9. The molecular weight excluding hydrogens is 408 g/mol. The molecule has 7 nitrogen and oxygen atoms in total. The maximum atomic E-state index is 13.0. The molecule has 1 N–H and O–H groups in total. The Morgan fingerprint density at radius 3 is 2.31 bits per heavy atom. The number of aromatic carboxylic acids is 1. The normalized spacial score (nSPS) is 10.8. The van der Waals surface area contributed by atoms with Crippen LogP contribution in [0.3, 0.4) is 0 Å². The Morgan fingerprint density at radius 1 is 1.03 bits per heavy atom. The minimum Gasteiger partial charge on any atom is -0.478 e. The summed E-state index contributed by atoms with van der Waals surface area (Å²) < 4.78 is 2.47. The Balaban J connectivity index is 2.01. The smallest absolute Gasteiger partial charge is 0.336 e. The first-order valence-electron chi connectivity index (χ1n) is 10.7. The number of carboxylic acid groups (broad SMARTS) is 1. The number of carboxylic acids is 1. The fraction of sp³-hybridized carbons (Fsp3) is 0.280. The first-order valence-corrected chi connectivity index (χ1v) is 10.7. The van der Waals surface area contributed by atoms with E-state index in [1.54, 1.807) is 31.2 Å². The number of nitrogens with zero attached hydrogens (tertiary/aromatic N) is 2. The van der Waals surface area contributed by atoms with E-state index in [4.69, 9.17) is 0 Å². The molecule has 2 aromatic carbocycles. The standard InChI is InChI=1S/C25H26N2O5/c1-3-5-10-21-22(16-28)27(23(29)4-2)25(32)26(21)15-17-11-13-18(14-12-17)19-8-6-7-9-20(19)24(30)31/h6-9,11-14,16H,3-5,10,15H2,1-2H3,(H,30,31). The summed E-state index contributed by atoms with van der Waals surface area (Å²) in [4.78, 5) is 48.6. The minimum atomic E-state index is -1.000.